The lowest BCUT2D eigenvalue weighted by Crippen LogP contribution is -2.41. The third-order valence-corrected chi connectivity index (χ3v) is 5.90. The molecular weight excluding hydrogens is 413 g/mol. The number of hydrogen-bond donors (Lipinski definition) is 3. The van der Waals surface area contributed by atoms with Crippen LogP contribution in [-0.4, -0.2) is 34.3 Å². The number of hydrogen-bond acceptors (Lipinski definition) is 6. The van der Waals surface area contributed by atoms with Crippen LogP contribution in [0.3, 0.4) is 0 Å². The van der Waals surface area contributed by atoms with E-state index in [1.165, 1.54) is 11.3 Å². The van der Waals surface area contributed by atoms with Gasteiger partial charge in [-0.05, 0) is 62.9 Å². The van der Waals surface area contributed by atoms with Gasteiger partial charge in [-0.25, -0.2) is 4.57 Å². The first-order valence-corrected chi connectivity index (χ1v) is 11.7. The molecule has 1 aromatic heterocycles. The molecule has 1 aromatic carbocycles. The number of nitrogens with two attached hydrogens (primary N) is 1. The zero-order chi connectivity index (χ0) is 21.5. The summed E-state index contributed by atoms with van der Waals surface area (Å²) in [5.41, 5.74) is 6.29. The number of aryl methyl sites for hydroxylation is 2. The van der Waals surface area contributed by atoms with E-state index in [-0.39, 0.29) is 12.4 Å². The molecule has 0 amide bonds. The second-order valence-electron chi connectivity index (χ2n) is 7.38. The van der Waals surface area contributed by atoms with Gasteiger partial charge in [-0.2, -0.15) is 0 Å². The van der Waals surface area contributed by atoms with E-state index in [1.54, 1.807) is 6.92 Å². The first-order valence-electron chi connectivity index (χ1n) is 9.34. The SMILES string of the molecule is Cc1cccc(OCCCC(=O)c2ccc(CCC(C)(N)COP(=O)(O)O)s2)c1. The molecule has 0 aliphatic rings. The van der Waals surface area contributed by atoms with Gasteiger partial charge in [0.25, 0.3) is 0 Å². The first-order chi connectivity index (χ1) is 13.5. The van der Waals surface area contributed by atoms with E-state index < -0.39 is 13.4 Å². The standard InChI is InChI=1S/C20H28NO6PS/c1-15-5-3-6-16(13-15)26-12-4-7-18(22)19-9-8-17(29-19)10-11-20(2,21)14-27-28(23,24)25/h3,5-6,8-9,13H,4,7,10-12,14,21H2,1-2H3,(H2,23,24,25). The molecule has 9 heteroatoms. The number of carbonyl (C=O) groups is 1. The van der Waals surface area contributed by atoms with E-state index in [0.29, 0.717) is 37.2 Å². The maximum Gasteiger partial charge on any atom is 0.469 e. The summed E-state index contributed by atoms with van der Waals surface area (Å²) in [6, 6.07) is 11.5. The molecule has 0 spiro atoms. The molecule has 0 saturated heterocycles. The van der Waals surface area contributed by atoms with Crippen LogP contribution in [-0.2, 0) is 15.5 Å². The number of carbonyl (C=O) groups excluding carboxylic acids is 1. The van der Waals surface area contributed by atoms with Gasteiger partial charge < -0.3 is 20.3 Å². The summed E-state index contributed by atoms with van der Waals surface area (Å²) < 4.78 is 21.0. The zero-order valence-electron chi connectivity index (χ0n) is 16.7. The Balaban J connectivity index is 1.74. The van der Waals surface area contributed by atoms with Gasteiger partial charge in [0.2, 0.25) is 0 Å². The maximum absolute atomic E-state index is 12.4. The second-order valence-corrected chi connectivity index (χ2v) is 9.78. The molecule has 2 aromatic rings. The fourth-order valence-electron chi connectivity index (χ4n) is 2.63. The Bertz CT molecular complexity index is 860. The van der Waals surface area contributed by atoms with Crippen molar-refractivity contribution in [1.82, 2.24) is 0 Å². The van der Waals surface area contributed by atoms with E-state index >= 15 is 0 Å². The topological polar surface area (TPSA) is 119 Å². The quantitative estimate of drug-likeness (QED) is 0.260. The highest BCUT2D eigenvalue weighted by atomic mass is 32.1. The van der Waals surface area contributed by atoms with Crippen molar-refractivity contribution < 1.29 is 28.4 Å². The molecule has 0 aliphatic carbocycles. The normalized spacial score (nSPS) is 13.8. The van der Waals surface area contributed by atoms with E-state index in [9.17, 15) is 9.36 Å². The van der Waals surface area contributed by atoms with Crippen molar-refractivity contribution in [2.75, 3.05) is 13.2 Å². The Hall–Kier alpha value is -1.54. The predicted octanol–water partition coefficient (Wildman–Crippen LogP) is 3.86. The summed E-state index contributed by atoms with van der Waals surface area (Å²) in [4.78, 5) is 31.6. The highest BCUT2D eigenvalue weighted by Gasteiger charge is 2.24. The van der Waals surface area contributed by atoms with E-state index in [0.717, 1.165) is 16.2 Å². The van der Waals surface area contributed by atoms with Crippen LogP contribution in [0.1, 0.15) is 46.3 Å². The third-order valence-electron chi connectivity index (χ3n) is 4.25. The molecule has 0 saturated carbocycles. The number of ketones is 1. The van der Waals surface area contributed by atoms with Gasteiger partial charge in [0, 0.05) is 16.8 Å². The number of phosphoric ester groups is 1. The average Bonchev–Trinajstić information content (AvgIpc) is 3.11. The summed E-state index contributed by atoms with van der Waals surface area (Å²) in [6.45, 7) is 3.92. The van der Waals surface area contributed by atoms with Gasteiger partial charge in [0.1, 0.15) is 5.75 Å². The number of phosphoric acid groups is 1. The smallest absolute Gasteiger partial charge is 0.469 e. The summed E-state index contributed by atoms with van der Waals surface area (Å²) in [7, 11) is -4.53. The number of ether oxygens (including phenoxy) is 1. The lowest BCUT2D eigenvalue weighted by atomic mass is 9.98. The molecule has 2 rings (SSSR count). The van der Waals surface area contributed by atoms with Crippen LogP contribution in [0, 0.1) is 6.92 Å². The van der Waals surface area contributed by atoms with Crippen molar-refractivity contribution in [3.63, 3.8) is 0 Å². The molecule has 4 N–H and O–H groups in total. The lowest BCUT2D eigenvalue weighted by molar-refractivity contribution is 0.0977. The largest absolute Gasteiger partial charge is 0.494 e. The zero-order valence-corrected chi connectivity index (χ0v) is 18.4. The monoisotopic (exact) mass is 441 g/mol. The molecule has 1 unspecified atom stereocenters. The minimum absolute atomic E-state index is 0.0782. The van der Waals surface area contributed by atoms with Gasteiger partial charge in [0.05, 0.1) is 18.1 Å². The van der Waals surface area contributed by atoms with Crippen LogP contribution < -0.4 is 10.5 Å². The van der Waals surface area contributed by atoms with Crippen LogP contribution >= 0.6 is 19.2 Å². The molecule has 0 fully saturated rings. The fraction of sp³-hybridized carbons (Fsp3) is 0.450. The third kappa shape index (κ3) is 9.21. The molecule has 29 heavy (non-hydrogen) atoms. The van der Waals surface area contributed by atoms with Gasteiger partial charge >= 0.3 is 7.82 Å². The Kier molecular flexibility index (Phi) is 8.58. The molecule has 1 atom stereocenters. The maximum atomic E-state index is 12.4. The number of thiophene rings is 1. The van der Waals surface area contributed by atoms with Gasteiger partial charge in [0.15, 0.2) is 5.78 Å². The molecule has 160 valence electrons. The van der Waals surface area contributed by atoms with Crippen LogP contribution in [0.15, 0.2) is 36.4 Å². The van der Waals surface area contributed by atoms with Crippen molar-refractivity contribution in [2.45, 2.75) is 45.1 Å². The van der Waals surface area contributed by atoms with E-state index in [2.05, 4.69) is 4.52 Å². The minimum atomic E-state index is -4.53. The Morgan fingerprint density at radius 3 is 2.72 bits per heavy atom. The van der Waals surface area contributed by atoms with Crippen molar-refractivity contribution in [2.24, 2.45) is 5.73 Å². The molecule has 7 nitrogen and oxygen atoms in total. The molecule has 1 heterocycles. The number of rotatable bonds is 12. The highest BCUT2D eigenvalue weighted by molar-refractivity contribution is 7.46. The lowest BCUT2D eigenvalue weighted by Gasteiger charge is -2.24. The molecular formula is C20H28NO6PS. The van der Waals surface area contributed by atoms with Crippen molar-refractivity contribution >= 4 is 24.9 Å². The fourth-order valence-corrected chi connectivity index (χ4v) is 4.06. The predicted molar refractivity (Wildman–Crippen MR) is 113 cm³/mol. The van der Waals surface area contributed by atoms with E-state index in [1.807, 2.05) is 43.3 Å². The van der Waals surface area contributed by atoms with Crippen molar-refractivity contribution in [1.29, 1.82) is 0 Å². The van der Waals surface area contributed by atoms with Gasteiger partial charge in [-0.15, -0.1) is 11.3 Å². The van der Waals surface area contributed by atoms with Crippen LogP contribution in [0.25, 0.3) is 0 Å². The summed E-state index contributed by atoms with van der Waals surface area (Å²) in [5, 5.41) is 0. The minimum Gasteiger partial charge on any atom is -0.494 e. The Morgan fingerprint density at radius 2 is 2.03 bits per heavy atom. The summed E-state index contributed by atoms with van der Waals surface area (Å²) in [5.74, 6) is 0.887. The summed E-state index contributed by atoms with van der Waals surface area (Å²) >= 11 is 1.42. The summed E-state index contributed by atoms with van der Waals surface area (Å²) in [6.07, 6.45) is 2.13. The Morgan fingerprint density at radius 1 is 1.28 bits per heavy atom. The first kappa shape index (κ1) is 23.7. The van der Waals surface area contributed by atoms with Gasteiger partial charge in [-0.3, -0.25) is 9.32 Å². The molecule has 0 radical (unpaired) electrons. The van der Waals surface area contributed by atoms with E-state index in [4.69, 9.17) is 20.3 Å². The van der Waals surface area contributed by atoms with Crippen LogP contribution in [0.2, 0.25) is 0 Å². The number of Topliss-reactive ketones (excluding diaryl/α,β-unsaturated/α-hetero) is 1. The van der Waals surface area contributed by atoms with Crippen molar-refractivity contribution in [3.05, 3.63) is 51.7 Å². The second kappa shape index (κ2) is 10.5. The molecule has 0 aliphatic heterocycles. The Labute approximate surface area is 175 Å². The van der Waals surface area contributed by atoms with Crippen LogP contribution in [0.5, 0.6) is 5.75 Å². The highest BCUT2D eigenvalue weighted by Crippen LogP contribution is 2.37. The molecule has 0 bridgehead atoms. The van der Waals surface area contributed by atoms with Gasteiger partial charge in [-0.1, -0.05) is 12.1 Å². The van der Waals surface area contributed by atoms with Crippen LogP contribution in [0.4, 0.5) is 0 Å². The van der Waals surface area contributed by atoms with Crippen molar-refractivity contribution in [3.8, 4) is 5.75 Å². The average molecular weight is 441 g/mol. The number of benzene rings is 1.